The van der Waals surface area contributed by atoms with Gasteiger partial charge >= 0.3 is 6.03 Å². The summed E-state index contributed by atoms with van der Waals surface area (Å²) in [5.41, 5.74) is 2.22. The lowest BCUT2D eigenvalue weighted by molar-refractivity contribution is 0.0926. The number of carbonyl (C=O) groups is 2. The first kappa shape index (κ1) is 15.6. The second-order valence-corrected chi connectivity index (χ2v) is 4.83. The summed E-state index contributed by atoms with van der Waals surface area (Å²) < 4.78 is 4.96. The normalized spacial score (nSPS) is 10.0. The smallest absolute Gasteiger partial charge is 0.315 e. The number of urea groups is 1. The molecule has 1 heterocycles. The Kier molecular flexibility index (Phi) is 5.59. The highest BCUT2D eigenvalue weighted by molar-refractivity contribution is 5.91. The SMILES string of the molecule is Cc1ccc(CNC(=O)NCCNC(=O)c2ccco2)cc1. The first-order chi connectivity index (χ1) is 10.6. The van der Waals surface area contributed by atoms with Gasteiger partial charge in [-0.25, -0.2) is 4.79 Å². The fraction of sp³-hybridized carbons (Fsp3) is 0.250. The molecule has 6 heteroatoms. The Hall–Kier alpha value is -2.76. The maximum atomic E-state index is 11.6. The van der Waals surface area contributed by atoms with Gasteiger partial charge in [-0.15, -0.1) is 0 Å². The molecule has 1 aromatic heterocycles. The lowest BCUT2D eigenvalue weighted by Gasteiger charge is -2.08. The van der Waals surface area contributed by atoms with Crippen molar-refractivity contribution in [2.24, 2.45) is 0 Å². The zero-order valence-corrected chi connectivity index (χ0v) is 12.4. The maximum Gasteiger partial charge on any atom is 0.315 e. The highest BCUT2D eigenvalue weighted by atomic mass is 16.3. The molecule has 0 aliphatic heterocycles. The van der Waals surface area contributed by atoms with E-state index >= 15 is 0 Å². The molecule has 2 rings (SSSR count). The highest BCUT2D eigenvalue weighted by Gasteiger charge is 2.07. The second kappa shape index (κ2) is 7.87. The van der Waals surface area contributed by atoms with Crippen LogP contribution in [0.2, 0.25) is 0 Å². The molecule has 0 saturated heterocycles. The monoisotopic (exact) mass is 301 g/mol. The summed E-state index contributed by atoms with van der Waals surface area (Å²) in [6, 6.07) is 10.9. The van der Waals surface area contributed by atoms with E-state index < -0.39 is 0 Å². The van der Waals surface area contributed by atoms with Gasteiger partial charge in [-0.05, 0) is 24.6 Å². The van der Waals surface area contributed by atoms with E-state index in [1.165, 1.54) is 11.8 Å². The standard InChI is InChI=1S/C16H19N3O3/c1-12-4-6-13(7-5-12)11-19-16(21)18-9-8-17-15(20)14-3-2-10-22-14/h2-7,10H,8-9,11H2,1H3,(H,17,20)(H2,18,19,21). The van der Waals surface area contributed by atoms with Crippen LogP contribution in [0.1, 0.15) is 21.7 Å². The van der Waals surface area contributed by atoms with Crippen molar-refractivity contribution in [3.8, 4) is 0 Å². The van der Waals surface area contributed by atoms with Crippen molar-refractivity contribution in [2.45, 2.75) is 13.5 Å². The Labute approximate surface area is 128 Å². The van der Waals surface area contributed by atoms with Gasteiger partial charge in [-0.3, -0.25) is 4.79 Å². The molecule has 116 valence electrons. The first-order valence-corrected chi connectivity index (χ1v) is 7.04. The van der Waals surface area contributed by atoms with Crippen molar-refractivity contribution in [3.05, 3.63) is 59.5 Å². The minimum atomic E-state index is -0.299. The van der Waals surface area contributed by atoms with Crippen LogP contribution in [0, 0.1) is 6.92 Å². The van der Waals surface area contributed by atoms with Gasteiger partial charge in [0, 0.05) is 19.6 Å². The van der Waals surface area contributed by atoms with Crippen LogP contribution in [0.4, 0.5) is 4.79 Å². The van der Waals surface area contributed by atoms with Crippen molar-refractivity contribution in [3.63, 3.8) is 0 Å². The molecule has 0 aliphatic rings. The lowest BCUT2D eigenvalue weighted by atomic mass is 10.1. The number of carbonyl (C=O) groups excluding carboxylic acids is 2. The van der Waals surface area contributed by atoms with Crippen LogP contribution in [0.3, 0.4) is 0 Å². The molecule has 0 atom stereocenters. The van der Waals surface area contributed by atoms with Gasteiger partial charge < -0.3 is 20.4 Å². The third kappa shape index (κ3) is 4.97. The lowest BCUT2D eigenvalue weighted by Crippen LogP contribution is -2.39. The van der Waals surface area contributed by atoms with E-state index in [9.17, 15) is 9.59 Å². The predicted molar refractivity (Wildman–Crippen MR) is 82.5 cm³/mol. The maximum absolute atomic E-state index is 11.6. The zero-order chi connectivity index (χ0) is 15.8. The largest absolute Gasteiger partial charge is 0.459 e. The van der Waals surface area contributed by atoms with E-state index in [0.29, 0.717) is 19.6 Å². The van der Waals surface area contributed by atoms with Crippen molar-refractivity contribution >= 4 is 11.9 Å². The molecule has 0 fully saturated rings. The summed E-state index contributed by atoms with van der Waals surface area (Å²) in [6.45, 7) is 3.15. The minimum absolute atomic E-state index is 0.254. The molecule has 0 spiro atoms. The van der Waals surface area contributed by atoms with Gasteiger partial charge in [-0.1, -0.05) is 29.8 Å². The number of hydrogen-bond donors (Lipinski definition) is 3. The summed E-state index contributed by atoms with van der Waals surface area (Å²) in [5, 5.41) is 8.07. The van der Waals surface area contributed by atoms with Gasteiger partial charge in [0.1, 0.15) is 0 Å². The van der Waals surface area contributed by atoms with E-state index in [-0.39, 0.29) is 17.7 Å². The molecule has 3 amide bonds. The fourth-order valence-electron chi connectivity index (χ4n) is 1.80. The average Bonchev–Trinajstić information content (AvgIpc) is 3.05. The molecular weight excluding hydrogens is 282 g/mol. The Morgan fingerprint density at radius 2 is 1.73 bits per heavy atom. The number of amides is 3. The van der Waals surface area contributed by atoms with Crippen LogP contribution in [-0.2, 0) is 6.54 Å². The van der Waals surface area contributed by atoms with Gasteiger partial charge in [0.2, 0.25) is 0 Å². The number of aryl methyl sites for hydroxylation is 1. The van der Waals surface area contributed by atoms with Crippen LogP contribution in [-0.4, -0.2) is 25.0 Å². The minimum Gasteiger partial charge on any atom is -0.459 e. The van der Waals surface area contributed by atoms with Crippen LogP contribution in [0.25, 0.3) is 0 Å². The molecule has 0 bridgehead atoms. The molecule has 0 saturated carbocycles. The second-order valence-electron chi connectivity index (χ2n) is 4.83. The molecule has 1 aromatic carbocycles. The summed E-state index contributed by atoms with van der Waals surface area (Å²) in [5.74, 6) is -0.0457. The number of furan rings is 1. The van der Waals surface area contributed by atoms with Gasteiger partial charge in [0.25, 0.3) is 5.91 Å². The number of nitrogens with one attached hydrogen (secondary N) is 3. The summed E-state index contributed by atoms with van der Waals surface area (Å²) >= 11 is 0. The number of hydrogen-bond acceptors (Lipinski definition) is 3. The number of rotatable bonds is 6. The van der Waals surface area contributed by atoms with Crippen molar-refractivity contribution in [1.29, 1.82) is 0 Å². The quantitative estimate of drug-likeness (QED) is 0.712. The topological polar surface area (TPSA) is 83.4 Å². The van der Waals surface area contributed by atoms with E-state index in [2.05, 4.69) is 16.0 Å². The molecule has 6 nitrogen and oxygen atoms in total. The van der Waals surface area contributed by atoms with Crippen LogP contribution in [0.15, 0.2) is 47.1 Å². The molecule has 0 radical (unpaired) electrons. The van der Waals surface area contributed by atoms with Gasteiger partial charge in [0.05, 0.1) is 6.26 Å². The van der Waals surface area contributed by atoms with Gasteiger partial charge in [0.15, 0.2) is 5.76 Å². The van der Waals surface area contributed by atoms with E-state index in [1.807, 2.05) is 31.2 Å². The molecule has 22 heavy (non-hydrogen) atoms. The molecule has 0 aliphatic carbocycles. The summed E-state index contributed by atoms with van der Waals surface area (Å²) in [7, 11) is 0. The van der Waals surface area contributed by atoms with Crippen molar-refractivity contribution in [2.75, 3.05) is 13.1 Å². The molecular formula is C16H19N3O3. The van der Waals surface area contributed by atoms with E-state index in [4.69, 9.17) is 4.42 Å². The molecule has 0 unspecified atom stereocenters. The number of benzene rings is 1. The first-order valence-electron chi connectivity index (χ1n) is 7.04. The van der Waals surface area contributed by atoms with Crippen LogP contribution in [0.5, 0.6) is 0 Å². The summed E-state index contributed by atoms with van der Waals surface area (Å²) in [4.78, 5) is 23.2. The van der Waals surface area contributed by atoms with Crippen LogP contribution >= 0.6 is 0 Å². The molecule has 2 aromatic rings. The Morgan fingerprint density at radius 1 is 1.00 bits per heavy atom. The van der Waals surface area contributed by atoms with E-state index in [0.717, 1.165) is 5.56 Å². The van der Waals surface area contributed by atoms with Gasteiger partial charge in [-0.2, -0.15) is 0 Å². The predicted octanol–water partition coefficient (Wildman–Crippen LogP) is 1.82. The van der Waals surface area contributed by atoms with E-state index in [1.54, 1.807) is 12.1 Å². The Balaban J connectivity index is 1.59. The molecule has 3 N–H and O–H groups in total. The Morgan fingerprint density at radius 3 is 2.41 bits per heavy atom. The fourth-order valence-corrected chi connectivity index (χ4v) is 1.80. The third-order valence-corrected chi connectivity index (χ3v) is 3.01. The highest BCUT2D eigenvalue weighted by Crippen LogP contribution is 2.02. The summed E-state index contributed by atoms with van der Waals surface area (Å²) in [6.07, 6.45) is 1.44. The average molecular weight is 301 g/mol. The van der Waals surface area contributed by atoms with Crippen LogP contribution < -0.4 is 16.0 Å². The van der Waals surface area contributed by atoms with Crippen molar-refractivity contribution < 1.29 is 14.0 Å². The van der Waals surface area contributed by atoms with Crippen molar-refractivity contribution in [1.82, 2.24) is 16.0 Å². The third-order valence-electron chi connectivity index (χ3n) is 3.01. The Bertz CT molecular complexity index is 606. The zero-order valence-electron chi connectivity index (χ0n) is 12.4.